The van der Waals surface area contributed by atoms with Crippen LogP contribution in [0.15, 0.2) is 30.5 Å². The van der Waals surface area contributed by atoms with E-state index in [2.05, 4.69) is 25.1 Å². The number of hydrogen-bond donors (Lipinski definition) is 2. The summed E-state index contributed by atoms with van der Waals surface area (Å²) in [6, 6.07) is 7.25. The molecule has 0 amide bonds. The highest BCUT2D eigenvalue weighted by Crippen LogP contribution is 2.41. The highest BCUT2D eigenvalue weighted by molar-refractivity contribution is 6.07. The molecule has 8 nitrogen and oxygen atoms in total. The maximum atomic E-state index is 16.6. The molecule has 41 heavy (non-hydrogen) atoms. The number of fused-ring (bicyclic) bond motifs is 5. The van der Waals surface area contributed by atoms with Gasteiger partial charge in [0.1, 0.15) is 23.8 Å². The summed E-state index contributed by atoms with van der Waals surface area (Å²) in [6.45, 7) is 4.00. The van der Waals surface area contributed by atoms with Gasteiger partial charge in [0.05, 0.1) is 11.1 Å². The predicted octanol–water partition coefficient (Wildman–Crippen LogP) is 4.82. The zero-order chi connectivity index (χ0) is 27.7. The minimum absolute atomic E-state index is 0.0194. The first-order chi connectivity index (χ1) is 20.0. The Hall–Kier alpha value is -3.63. The molecular weight excluding hydrogens is 526 g/mol. The van der Waals surface area contributed by atoms with Gasteiger partial charge in [-0.15, -0.1) is 0 Å². The third kappa shape index (κ3) is 3.94. The SMILES string of the molecule is O=Cc1cccc2[nH]cc(-c3c(F)cc4c(N5CC6CCC(C5)N6)nc(OCC56CCCN5CCC6)nc4c3F)c12. The van der Waals surface area contributed by atoms with Crippen molar-refractivity contribution in [3.8, 4) is 17.1 Å². The average Bonchev–Trinajstić information content (AvgIpc) is 3.75. The Kier molecular flexibility index (Phi) is 5.79. The number of nitrogens with one attached hydrogen (secondary N) is 2. The number of nitrogens with zero attached hydrogens (tertiary/aromatic N) is 4. The molecule has 2 bridgehead atoms. The van der Waals surface area contributed by atoms with Gasteiger partial charge in [-0.25, -0.2) is 8.78 Å². The van der Waals surface area contributed by atoms with Crippen molar-refractivity contribution >= 4 is 33.9 Å². The first-order valence-corrected chi connectivity index (χ1v) is 14.7. The topological polar surface area (TPSA) is 86.4 Å². The summed E-state index contributed by atoms with van der Waals surface area (Å²) >= 11 is 0. The number of anilines is 1. The van der Waals surface area contributed by atoms with Crippen molar-refractivity contribution in [2.75, 3.05) is 37.7 Å². The molecule has 4 aromatic rings. The number of benzene rings is 2. The van der Waals surface area contributed by atoms with Crippen molar-refractivity contribution in [1.82, 2.24) is 25.2 Å². The number of halogens is 2. The molecule has 4 fully saturated rings. The zero-order valence-electron chi connectivity index (χ0n) is 22.8. The van der Waals surface area contributed by atoms with Crippen LogP contribution >= 0.6 is 0 Å². The number of aromatic nitrogens is 3. The highest BCUT2D eigenvalue weighted by Gasteiger charge is 2.45. The lowest BCUT2D eigenvalue weighted by Crippen LogP contribution is -2.51. The molecule has 212 valence electrons. The second-order valence-corrected chi connectivity index (χ2v) is 12.1. The van der Waals surface area contributed by atoms with E-state index in [0.29, 0.717) is 65.7 Å². The number of ether oxygens (including phenoxy) is 1. The first kappa shape index (κ1) is 25.1. The average molecular weight is 559 g/mol. The van der Waals surface area contributed by atoms with Gasteiger partial charge in [-0.05, 0) is 63.7 Å². The van der Waals surface area contributed by atoms with Gasteiger partial charge >= 0.3 is 6.01 Å². The Balaban J connectivity index is 1.27. The molecule has 2 atom stereocenters. The Morgan fingerprint density at radius 2 is 1.88 bits per heavy atom. The van der Waals surface area contributed by atoms with Crippen LogP contribution in [-0.4, -0.2) is 76.5 Å². The summed E-state index contributed by atoms with van der Waals surface area (Å²) in [5.41, 5.74) is 1.06. The Bertz CT molecular complexity index is 1670. The third-order valence-electron chi connectivity index (χ3n) is 9.77. The van der Waals surface area contributed by atoms with Crippen LogP contribution in [0.2, 0.25) is 0 Å². The monoisotopic (exact) mass is 558 g/mol. The van der Waals surface area contributed by atoms with E-state index in [1.54, 1.807) is 24.4 Å². The number of piperazine rings is 1. The molecule has 0 radical (unpaired) electrons. The van der Waals surface area contributed by atoms with Crippen molar-refractivity contribution in [2.45, 2.75) is 56.1 Å². The zero-order valence-corrected chi connectivity index (χ0v) is 22.8. The van der Waals surface area contributed by atoms with Gasteiger partial charge in [0.15, 0.2) is 12.1 Å². The maximum Gasteiger partial charge on any atom is 0.319 e. The van der Waals surface area contributed by atoms with E-state index in [1.807, 2.05) is 0 Å². The fraction of sp³-hybridized carbons (Fsp3) is 0.452. The van der Waals surface area contributed by atoms with Gasteiger partial charge in [0.25, 0.3) is 0 Å². The normalized spacial score (nSPS) is 23.5. The molecule has 0 spiro atoms. The van der Waals surface area contributed by atoms with Gasteiger partial charge in [0.2, 0.25) is 0 Å². The Morgan fingerprint density at radius 1 is 1.10 bits per heavy atom. The van der Waals surface area contributed by atoms with Crippen molar-refractivity contribution in [3.63, 3.8) is 0 Å². The van der Waals surface area contributed by atoms with Gasteiger partial charge in [-0.1, -0.05) is 12.1 Å². The van der Waals surface area contributed by atoms with E-state index in [9.17, 15) is 4.79 Å². The highest BCUT2D eigenvalue weighted by atomic mass is 19.1. The molecule has 2 aromatic carbocycles. The van der Waals surface area contributed by atoms with Crippen LogP contribution < -0.4 is 15.0 Å². The lowest BCUT2D eigenvalue weighted by atomic mass is 9.95. The summed E-state index contributed by atoms with van der Waals surface area (Å²) in [5.74, 6) is -0.998. The van der Waals surface area contributed by atoms with Crippen LogP contribution in [0.1, 0.15) is 48.9 Å². The largest absolute Gasteiger partial charge is 0.461 e. The smallest absolute Gasteiger partial charge is 0.319 e. The van der Waals surface area contributed by atoms with E-state index in [0.717, 1.165) is 51.6 Å². The summed E-state index contributed by atoms with van der Waals surface area (Å²) in [6.07, 6.45) is 8.80. The van der Waals surface area contributed by atoms with E-state index in [4.69, 9.17) is 9.72 Å². The fourth-order valence-corrected chi connectivity index (χ4v) is 7.85. The number of H-pyrrole nitrogens is 1. The lowest BCUT2D eigenvalue weighted by molar-refractivity contribution is 0.108. The van der Waals surface area contributed by atoms with Crippen molar-refractivity contribution in [2.24, 2.45) is 0 Å². The van der Waals surface area contributed by atoms with E-state index < -0.39 is 11.6 Å². The van der Waals surface area contributed by atoms with Crippen molar-refractivity contribution in [1.29, 1.82) is 0 Å². The molecule has 2 aromatic heterocycles. The molecule has 0 aliphatic carbocycles. The molecule has 6 heterocycles. The van der Waals surface area contributed by atoms with Crippen LogP contribution in [0.3, 0.4) is 0 Å². The number of hydrogen-bond acceptors (Lipinski definition) is 7. The van der Waals surface area contributed by atoms with E-state index >= 15 is 8.78 Å². The number of aromatic amines is 1. The van der Waals surface area contributed by atoms with Crippen molar-refractivity contribution < 1.29 is 18.3 Å². The molecule has 4 saturated heterocycles. The van der Waals surface area contributed by atoms with Gasteiger partial charge < -0.3 is 19.9 Å². The van der Waals surface area contributed by atoms with Crippen LogP contribution in [0, 0.1) is 11.6 Å². The van der Waals surface area contributed by atoms with Crippen LogP contribution in [-0.2, 0) is 0 Å². The summed E-state index contributed by atoms with van der Waals surface area (Å²) in [4.78, 5) is 28.9. The number of carbonyl (C=O) groups is 1. The number of rotatable bonds is 6. The number of aldehydes is 1. The second kappa shape index (κ2) is 9.46. The summed E-state index contributed by atoms with van der Waals surface area (Å²) in [5, 5.41) is 4.42. The van der Waals surface area contributed by atoms with E-state index in [1.165, 1.54) is 6.07 Å². The van der Waals surface area contributed by atoms with Gasteiger partial charge in [0, 0.05) is 58.8 Å². The molecule has 4 aliphatic heterocycles. The minimum atomic E-state index is -0.783. The molecule has 2 unspecified atom stereocenters. The summed E-state index contributed by atoms with van der Waals surface area (Å²) < 4.78 is 38.8. The van der Waals surface area contributed by atoms with Crippen LogP contribution in [0.25, 0.3) is 32.9 Å². The van der Waals surface area contributed by atoms with E-state index in [-0.39, 0.29) is 28.2 Å². The standard InChI is InChI=1S/C31H32F2N6O2/c32-23-12-21-28(27(33)26(23)22-13-34-24-5-1-4-18(16-40)25(22)24)36-30(41-17-31-8-2-10-39(31)11-3-9-31)37-29(21)38-14-19-6-7-20(15-38)35-19/h1,4-5,12-13,16,19-20,34-35H,2-3,6-11,14-15,17H2. The molecule has 2 N–H and O–H groups in total. The predicted molar refractivity (Wildman–Crippen MR) is 153 cm³/mol. The second-order valence-electron chi connectivity index (χ2n) is 12.1. The Morgan fingerprint density at radius 3 is 2.63 bits per heavy atom. The number of carbonyl (C=O) groups excluding carboxylic acids is 1. The minimum Gasteiger partial charge on any atom is -0.461 e. The van der Waals surface area contributed by atoms with Crippen LogP contribution in [0.4, 0.5) is 14.6 Å². The van der Waals surface area contributed by atoms with Crippen LogP contribution in [0.5, 0.6) is 6.01 Å². The Labute approximate surface area is 236 Å². The maximum absolute atomic E-state index is 16.6. The lowest BCUT2D eigenvalue weighted by Gasteiger charge is -2.34. The van der Waals surface area contributed by atoms with Gasteiger partial charge in [-0.3, -0.25) is 9.69 Å². The molecular formula is C31H32F2N6O2. The third-order valence-corrected chi connectivity index (χ3v) is 9.77. The molecule has 4 aliphatic rings. The molecule has 8 rings (SSSR count). The quantitative estimate of drug-likeness (QED) is 0.328. The van der Waals surface area contributed by atoms with Gasteiger partial charge in [-0.2, -0.15) is 9.97 Å². The van der Waals surface area contributed by atoms with Crippen molar-refractivity contribution in [3.05, 3.63) is 47.7 Å². The molecule has 10 heteroatoms. The fourth-order valence-electron chi connectivity index (χ4n) is 7.85. The molecule has 0 saturated carbocycles. The summed E-state index contributed by atoms with van der Waals surface area (Å²) in [7, 11) is 0. The first-order valence-electron chi connectivity index (χ1n) is 14.7.